The Morgan fingerprint density at radius 1 is 1.03 bits per heavy atom. The van der Waals surface area contributed by atoms with Crippen molar-refractivity contribution in [3.05, 3.63) is 75.3 Å². The van der Waals surface area contributed by atoms with Crippen LogP contribution >= 0.6 is 0 Å². The number of Topliss-reactive ketones (excluding diaryl/α,β-unsaturated/α-hetero) is 1. The zero-order valence-electron chi connectivity index (χ0n) is 20.2. The summed E-state index contributed by atoms with van der Waals surface area (Å²) >= 11 is 0. The molecule has 1 aliphatic carbocycles. The van der Waals surface area contributed by atoms with E-state index >= 15 is 0 Å². The molecular formula is C27H25N3O7. The fourth-order valence-corrected chi connectivity index (χ4v) is 6.53. The quantitative estimate of drug-likeness (QED) is 0.268. The lowest BCUT2D eigenvalue weighted by Crippen LogP contribution is -2.60. The zero-order valence-corrected chi connectivity index (χ0v) is 20.2. The highest BCUT2D eigenvalue weighted by Gasteiger charge is 2.75. The molecule has 3 heterocycles. The number of ketones is 1. The van der Waals surface area contributed by atoms with Crippen LogP contribution in [0.1, 0.15) is 67.7 Å². The number of hydrogen-bond donors (Lipinski definition) is 0. The largest absolute Gasteiger partial charge is 0.422 e. The lowest BCUT2D eigenvalue weighted by Gasteiger charge is -2.47. The van der Waals surface area contributed by atoms with Crippen LogP contribution in [-0.4, -0.2) is 45.7 Å². The molecule has 190 valence electrons. The second-order valence-electron chi connectivity index (χ2n) is 10.2. The maximum atomic E-state index is 14.3. The van der Waals surface area contributed by atoms with E-state index in [1.165, 1.54) is 36.2 Å². The van der Waals surface area contributed by atoms with Crippen molar-refractivity contribution in [2.45, 2.75) is 62.8 Å². The van der Waals surface area contributed by atoms with Crippen LogP contribution in [-0.2, 0) is 23.9 Å². The van der Waals surface area contributed by atoms with Gasteiger partial charge < -0.3 is 9.47 Å². The van der Waals surface area contributed by atoms with Crippen LogP contribution in [0.5, 0.6) is 0 Å². The number of rotatable bonds is 3. The predicted molar refractivity (Wildman–Crippen MR) is 129 cm³/mol. The molecule has 3 aliphatic heterocycles. The number of esters is 2. The lowest BCUT2D eigenvalue weighted by atomic mass is 9.65. The second-order valence-corrected chi connectivity index (χ2v) is 10.2. The topological polar surface area (TPSA) is 128 Å². The number of benzene rings is 2. The van der Waals surface area contributed by atoms with Gasteiger partial charge in [0.2, 0.25) is 5.41 Å². The lowest BCUT2D eigenvalue weighted by molar-refractivity contribution is -0.384. The summed E-state index contributed by atoms with van der Waals surface area (Å²) in [5, 5.41) is 17.4. The standard InChI is InChI=1S/C27H25N3O7/c1-16(31)22-21(17-9-11-19(12-10-17)30(34)35)27(23-20-8-4-3-7-18(20)15-28-29(22)23)24(32)36-26(37-25(27)33)13-5-2-6-14-26/h3-4,7-12,15,21-23H,2,5-6,13-14H2,1H3/t21-,22-,23?/m0/s1. The Bertz CT molecular complexity index is 1330. The number of fused-ring (bicyclic) bond motifs is 4. The highest BCUT2D eigenvalue weighted by atomic mass is 16.7. The molecule has 2 saturated heterocycles. The number of hydrazone groups is 1. The Hall–Kier alpha value is -4.08. The molecule has 37 heavy (non-hydrogen) atoms. The molecule has 0 aromatic heterocycles. The van der Waals surface area contributed by atoms with Gasteiger partial charge in [-0.2, -0.15) is 5.10 Å². The van der Waals surface area contributed by atoms with Crippen molar-refractivity contribution in [2.24, 2.45) is 10.5 Å². The molecule has 1 unspecified atom stereocenters. The molecule has 10 nitrogen and oxygen atoms in total. The number of nitro groups is 1. The summed E-state index contributed by atoms with van der Waals surface area (Å²) in [7, 11) is 0. The number of carbonyl (C=O) groups excluding carboxylic acids is 3. The average Bonchev–Trinajstić information content (AvgIpc) is 3.21. The minimum absolute atomic E-state index is 0.147. The van der Waals surface area contributed by atoms with E-state index in [2.05, 4.69) is 5.10 Å². The molecule has 0 radical (unpaired) electrons. The number of non-ortho nitro benzene ring substituents is 1. The van der Waals surface area contributed by atoms with Gasteiger partial charge in [0.05, 0.1) is 11.1 Å². The summed E-state index contributed by atoms with van der Waals surface area (Å²) < 4.78 is 12.1. The third-order valence-electron chi connectivity index (χ3n) is 8.14. The molecule has 6 rings (SSSR count). The minimum atomic E-state index is -1.94. The van der Waals surface area contributed by atoms with E-state index < -0.39 is 46.1 Å². The fraction of sp³-hybridized carbons (Fsp3) is 0.407. The molecule has 3 atom stereocenters. The van der Waals surface area contributed by atoms with E-state index in [0.717, 1.165) is 19.3 Å². The van der Waals surface area contributed by atoms with Gasteiger partial charge in [0.1, 0.15) is 12.1 Å². The molecule has 0 bridgehead atoms. The molecule has 1 saturated carbocycles. The number of nitrogens with zero attached hydrogens (tertiary/aromatic N) is 3. The number of nitro benzene ring substituents is 1. The molecule has 4 aliphatic rings. The van der Waals surface area contributed by atoms with E-state index in [0.29, 0.717) is 29.5 Å². The van der Waals surface area contributed by atoms with Gasteiger partial charge in [-0.1, -0.05) is 42.8 Å². The summed E-state index contributed by atoms with van der Waals surface area (Å²) in [4.78, 5) is 52.5. The second kappa shape index (κ2) is 8.22. The number of ether oxygens (including phenoxy) is 2. The van der Waals surface area contributed by atoms with Gasteiger partial charge in [-0.3, -0.25) is 29.5 Å². The van der Waals surface area contributed by atoms with E-state index in [-0.39, 0.29) is 11.5 Å². The van der Waals surface area contributed by atoms with Crippen LogP contribution in [0.25, 0.3) is 0 Å². The molecule has 0 amide bonds. The first kappa shape index (κ1) is 23.3. The van der Waals surface area contributed by atoms with Crippen LogP contribution in [0.2, 0.25) is 0 Å². The van der Waals surface area contributed by atoms with Gasteiger partial charge in [-0.15, -0.1) is 0 Å². The van der Waals surface area contributed by atoms with Crippen molar-refractivity contribution >= 4 is 29.6 Å². The van der Waals surface area contributed by atoms with Crippen molar-refractivity contribution in [1.82, 2.24) is 5.01 Å². The van der Waals surface area contributed by atoms with Gasteiger partial charge in [0.25, 0.3) is 11.5 Å². The summed E-state index contributed by atoms with van der Waals surface area (Å²) in [6, 6.07) is 10.9. The summed E-state index contributed by atoms with van der Waals surface area (Å²) in [6.45, 7) is 1.39. The Morgan fingerprint density at radius 2 is 1.68 bits per heavy atom. The molecule has 2 aromatic carbocycles. The molecule has 10 heteroatoms. The SMILES string of the molecule is CC(=O)[C@H]1[C@H](c2ccc([N+](=O)[O-])cc2)C2(C(=O)OC3(CCCCC3)OC2=O)C2c3ccccc3C=NN21. The first-order valence-corrected chi connectivity index (χ1v) is 12.4. The van der Waals surface area contributed by atoms with Crippen LogP contribution in [0.15, 0.2) is 53.6 Å². The molecule has 2 aromatic rings. The Balaban J connectivity index is 1.58. The van der Waals surface area contributed by atoms with Crippen molar-refractivity contribution in [2.75, 3.05) is 0 Å². The van der Waals surface area contributed by atoms with Gasteiger partial charge in [0.15, 0.2) is 5.78 Å². The fourth-order valence-electron chi connectivity index (χ4n) is 6.53. The summed E-state index contributed by atoms with van der Waals surface area (Å²) in [5.41, 5.74) is -0.300. The first-order chi connectivity index (χ1) is 17.8. The Kier molecular flexibility index (Phi) is 5.18. The molecule has 2 spiro atoms. The van der Waals surface area contributed by atoms with Gasteiger partial charge >= 0.3 is 11.9 Å². The smallest absolute Gasteiger partial charge is 0.330 e. The van der Waals surface area contributed by atoms with Crippen molar-refractivity contribution in [1.29, 1.82) is 0 Å². The predicted octanol–water partition coefficient (Wildman–Crippen LogP) is 3.79. The van der Waals surface area contributed by atoms with Crippen LogP contribution in [0.4, 0.5) is 5.69 Å². The van der Waals surface area contributed by atoms with E-state index in [1.54, 1.807) is 18.3 Å². The first-order valence-electron chi connectivity index (χ1n) is 12.4. The Labute approximate surface area is 212 Å². The molecule has 0 N–H and O–H groups in total. The maximum Gasteiger partial charge on any atom is 0.330 e. The third kappa shape index (κ3) is 3.24. The van der Waals surface area contributed by atoms with Gasteiger partial charge in [-0.25, -0.2) is 0 Å². The highest BCUT2D eigenvalue weighted by Crippen LogP contribution is 2.63. The summed E-state index contributed by atoms with van der Waals surface area (Å²) in [5.74, 6) is -4.16. The van der Waals surface area contributed by atoms with Crippen LogP contribution < -0.4 is 0 Å². The van der Waals surface area contributed by atoms with E-state index in [1.807, 2.05) is 12.1 Å². The highest BCUT2D eigenvalue weighted by molar-refractivity contribution is 6.07. The van der Waals surface area contributed by atoms with Crippen LogP contribution in [0.3, 0.4) is 0 Å². The summed E-state index contributed by atoms with van der Waals surface area (Å²) in [6.07, 6.45) is 4.92. The molecular weight excluding hydrogens is 478 g/mol. The van der Waals surface area contributed by atoms with Crippen LogP contribution in [0, 0.1) is 15.5 Å². The van der Waals surface area contributed by atoms with E-state index in [4.69, 9.17) is 9.47 Å². The van der Waals surface area contributed by atoms with E-state index in [9.17, 15) is 24.5 Å². The monoisotopic (exact) mass is 503 g/mol. The average molecular weight is 504 g/mol. The van der Waals surface area contributed by atoms with Crippen molar-refractivity contribution < 1.29 is 28.8 Å². The normalized spacial score (nSPS) is 26.8. The third-order valence-corrected chi connectivity index (χ3v) is 8.14. The van der Waals surface area contributed by atoms with Crippen molar-refractivity contribution in [3.8, 4) is 0 Å². The number of carbonyl (C=O) groups is 3. The van der Waals surface area contributed by atoms with Crippen molar-refractivity contribution in [3.63, 3.8) is 0 Å². The zero-order chi connectivity index (χ0) is 25.9. The number of hydrogen-bond acceptors (Lipinski definition) is 9. The van der Waals surface area contributed by atoms with Gasteiger partial charge in [0, 0.05) is 30.9 Å². The minimum Gasteiger partial charge on any atom is -0.422 e. The van der Waals surface area contributed by atoms with Gasteiger partial charge in [-0.05, 0) is 36.5 Å². The Morgan fingerprint density at radius 3 is 2.30 bits per heavy atom. The molecule has 3 fully saturated rings. The maximum absolute atomic E-state index is 14.3.